The summed E-state index contributed by atoms with van der Waals surface area (Å²) in [6.07, 6.45) is -0.474. The molecule has 0 saturated heterocycles. The van der Waals surface area contributed by atoms with Crippen LogP contribution in [-0.4, -0.2) is 86.5 Å². The second-order valence-corrected chi connectivity index (χ2v) is 10.8. The van der Waals surface area contributed by atoms with Crippen molar-refractivity contribution in [1.29, 1.82) is 0 Å². The third kappa shape index (κ3) is 9.36. The van der Waals surface area contributed by atoms with Gasteiger partial charge in [-0.1, -0.05) is 18.2 Å². The van der Waals surface area contributed by atoms with Gasteiger partial charge in [-0.15, -0.1) is 0 Å². The highest BCUT2D eigenvalue weighted by molar-refractivity contribution is 7.52. The number of methoxy groups -OCH3 is 1. The third-order valence-corrected chi connectivity index (χ3v) is 6.34. The predicted molar refractivity (Wildman–Crippen MR) is 108 cm³/mol. The molecule has 0 fully saturated rings. The van der Waals surface area contributed by atoms with Gasteiger partial charge in [0.15, 0.2) is 0 Å². The number of hydrogen-bond donors (Lipinski definition) is 6. The summed E-state index contributed by atoms with van der Waals surface area (Å²) in [5, 5.41) is 19.5. The summed E-state index contributed by atoms with van der Waals surface area (Å²) in [6.45, 7) is -0.343. The van der Waals surface area contributed by atoms with Crippen LogP contribution in [0.5, 0.6) is 0 Å². The molecule has 29 heavy (non-hydrogen) atoms. The highest BCUT2D eigenvalue weighted by Crippen LogP contribution is 2.36. The summed E-state index contributed by atoms with van der Waals surface area (Å²) >= 11 is 0. The SMILES string of the molecule is COCC(CO)(CO)N(C)Cc1cc(CCP(=O)(O)O)cc(CCP(=O)(O)O)c1. The number of rotatable bonds is 13. The van der Waals surface area contributed by atoms with Gasteiger partial charge in [0, 0.05) is 13.7 Å². The number of hydrogen-bond acceptors (Lipinski definition) is 6. The topological polar surface area (TPSA) is 168 Å². The lowest BCUT2D eigenvalue weighted by Gasteiger charge is -2.38. The van der Waals surface area contributed by atoms with Crippen molar-refractivity contribution in [2.24, 2.45) is 0 Å². The van der Waals surface area contributed by atoms with Crippen LogP contribution in [0.2, 0.25) is 0 Å². The molecule has 6 N–H and O–H groups in total. The Balaban J connectivity index is 3.15. The molecule has 0 aliphatic carbocycles. The molecule has 0 aromatic heterocycles. The van der Waals surface area contributed by atoms with Crippen LogP contribution < -0.4 is 0 Å². The minimum atomic E-state index is -4.19. The minimum Gasteiger partial charge on any atom is -0.394 e. The summed E-state index contributed by atoms with van der Waals surface area (Å²) < 4.78 is 27.5. The Morgan fingerprint density at radius 2 is 1.31 bits per heavy atom. The highest BCUT2D eigenvalue weighted by atomic mass is 31.2. The molecular formula is C17H31NO9P2. The summed E-state index contributed by atoms with van der Waals surface area (Å²) in [7, 11) is -5.23. The number of aliphatic hydroxyl groups excluding tert-OH is 2. The molecule has 1 aromatic carbocycles. The molecular weight excluding hydrogens is 424 g/mol. The first-order valence-corrected chi connectivity index (χ1v) is 12.6. The van der Waals surface area contributed by atoms with E-state index in [0.717, 1.165) is 5.56 Å². The first-order valence-electron chi connectivity index (χ1n) is 8.97. The van der Waals surface area contributed by atoms with Crippen molar-refractivity contribution in [2.75, 3.05) is 46.3 Å². The zero-order valence-electron chi connectivity index (χ0n) is 16.6. The molecule has 168 valence electrons. The molecule has 0 amide bonds. The average molecular weight is 455 g/mol. The van der Waals surface area contributed by atoms with E-state index in [1.165, 1.54) is 7.11 Å². The number of ether oxygens (including phenoxy) is 1. The van der Waals surface area contributed by atoms with Gasteiger partial charge in [-0.25, -0.2) is 0 Å². The molecule has 1 rings (SSSR count). The molecule has 0 aliphatic rings. The number of aryl methyl sites for hydroxylation is 2. The van der Waals surface area contributed by atoms with E-state index in [0.29, 0.717) is 11.1 Å². The number of aliphatic hydroxyl groups is 2. The number of nitrogens with zero attached hydrogens (tertiary/aromatic N) is 1. The lowest BCUT2D eigenvalue weighted by Crippen LogP contribution is -2.55. The van der Waals surface area contributed by atoms with Gasteiger partial charge in [0.1, 0.15) is 0 Å². The van der Waals surface area contributed by atoms with E-state index in [1.807, 2.05) is 0 Å². The maximum Gasteiger partial charge on any atom is 0.325 e. The van der Waals surface area contributed by atoms with Gasteiger partial charge in [0.25, 0.3) is 0 Å². The molecule has 0 atom stereocenters. The van der Waals surface area contributed by atoms with Gasteiger partial charge in [0.2, 0.25) is 0 Å². The fourth-order valence-electron chi connectivity index (χ4n) is 2.97. The van der Waals surface area contributed by atoms with E-state index in [4.69, 9.17) is 24.3 Å². The minimum absolute atomic E-state index is 0.0828. The molecule has 0 saturated carbocycles. The molecule has 0 aliphatic heterocycles. The van der Waals surface area contributed by atoms with Crippen molar-refractivity contribution < 1.29 is 43.7 Å². The maximum atomic E-state index is 11.2. The summed E-state index contributed by atoms with van der Waals surface area (Å²) in [5.74, 6) is 0. The van der Waals surface area contributed by atoms with Crippen LogP contribution >= 0.6 is 15.2 Å². The van der Waals surface area contributed by atoms with E-state index in [1.54, 1.807) is 30.1 Å². The van der Waals surface area contributed by atoms with Gasteiger partial charge < -0.3 is 34.5 Å². The Morgan fingerprint density at radius 3 is 1.66 bits per heavy atom. The second kappa shape index (κ2) is 11.1. The van der Waals surface area contributed by atoms with Crippen LogP contribution in [0, 0.1) is 0 Å². The Labute approximate surface area is 170 Å². The zero-order valence-corrected chi connectivity index (χ0v) is 18.4. The molecule has 0 heterocycles. The molecule has 0 spiro atoms. The molecule has 1 aromatic rings. The Morgan fingerprint density at radius 1 is 0.897 bits per heavy atom. The lowest BCUT2D eigenvalue weighted by molar-refractivity contribution is -0.0504. The molecule has 12 heteroatoms. The molecule has 10 nitrogen and oxygen atoms in total. The molecule has 0 unspecified atom stereocenters. The van der Waals surface area contributed by atoms with E-state index in [9.17, 15) is 19.3 Å². The third-order valence-electron chi connectivity index (χ3n) is 4.73. The summed E-state index contributed by atoms with van der Waals surface area (Å²) in [6, 6.07) is 5.17. The second-order valence-electron chi connectivity index (χ2n) is 7.26. The summed E-state index contributed by atoms with van der Waals surface area (Å²) in [5.41, 5.74) is 0.956. The van der Waals surface area contributed by atoms with Crippen molar-refractivity contribution in [1.82, 2.24) is 4.90 Å². The van der Waals surface area contributed by atoms with Crippen molar-refractivity contribution in [2.45, 2.75) is 24.9 Å². The van der Waals surface area contributed by atoms with Crippen LogP contribution in [-0.2, 0) is 33.3 Å². The van der Waals surface area contributed by atoms with Gasteiger partial charge in [-0.05, 0) is 36.6 Å². The van der Waals surface area contributed by atoms with E-state index in [-0.39, 0.29) is 51.5 Å². The van der Waals surface area contributed by atoms with Crippen LogP contribution in [0.4, 0.5) is 0 Å². The van der Waals surface area contributed by atoms with Crippen molar-refractivity contribution in [3.63, 3.8) is 0 Å². The first kappa shape index (κ1) is 26.4. The van der Waals surface area contributed by atoms with Crippen LogP contribution in [0.1, 0.15) is 16.7 Å². The smallest absolute Gasteiger partial charge is 0.325 e. The van der Waals surface area contributed by atoms with E-state index >= 15 is 0 Å². The fourth-order valence-corrected chi connectivity index (χ4v) is 4.07. The van der Waals surface area contributed by atoms with Crippen molar-refractivity contribution in [3.8, 4) is 0 Å². The Kier molecular flexibility index (Phi) is 10.1. The van der Waals surface area contributed by atoms with Crippen molar-refractivity contribution in [3.05, 3.63) is 34.9 Å². The highest BCUT2D eigenvalue weighted by Gasteiger charge is 2.33. The maximum absolute atomic E-state index is 11.2. The number of likely N-dealkylation sites (N-methyl/N-ethyl adjacent to an activating group) is 1. The Bertz CT molecular complexity index is 698. The van der Waals surface area contributed by atoms with E-state index in [2.05, 4.69) is 0 Å². The zero-order chi connectivity index (χ0) is 22.3. The predicted octanol–water partition coefficient (Wildman–Crippen LogP) is -0.0714. The first-order chi connectivity index (χ1) is 13.3. The van der Waals surface area contributed by atoms with Crippen LogP contribution in [0.15, 0.2) is 18.2 Å². The number of benzene rings is 1. The molecule has 0 bridgehead atoms. The van der Waals surface area contributed by atoms with Crippen LogP contribution in [0.25, 0.3) is 0 Å². The van der Waals surface area contributed by atoms with Gasteiger partial charge in [-0.3, -0.25) is 14.0 Å². The summed E-state index contributed by atoms with van der Waals surface area (Å²) in [4.78, 5) is 38.2. The van der Waals surface area contributed by atoms with Gasteiger partial charge in [-0.2, -0.15) is 0 Å². The lowest BCUT2D eigenvalue weighted by atomic mass is 9.98. The van der Waals surface area contributed by atoms with E-state index < -0.39 is 20.7 Å². The average Bonchev–Trinajstić information content (AvgIpc) is 2.61. The van der Waals surface area contributed by atoms with Gasteiger partial charge in [0.05, 0.1) is 37.7 Å². The van der Waals surface area contributed by atoms with Crippen LogP contribution in [0.3, 0.4) is 0 Å². The fraction of sp³-hybridized carbons (Fsp3) is 0.647. The largest absolute Gasteiger partial charge is 0.394 e. The monoisotopic (exact) mass is 455 g/mol. The normalized spacial score (nSPS) is 13.3. The molecule has 0 radical (unpaired) electrons. The van der Waals surface area contributed by atoms with Gasteiger partial charge >= 0.3 is 15.2 Å². The Hall–Kier alpha value is -0.640. The van der Waals surface area contributed by atoms with Crippen molar-refractivity contribution >= 4 is 15.2 Å². The standard InChI is InChI=1S/C17H31NO9P2/c1-18(17(11-19,12-20)13-27-2)10-16-8-14(3-5-28(21,22)23)7-15(9-16)4-6-29(24,25)26/h7-9,19-20H,3-6,10-13H2,1-2H3,(H2,21,22,23)(H2,24,25,26). The quantitative estimate of drug-likeness (QED) is 0.222.